The molecule has 3 nitrogen and oxygen atoms in total. The monoisotopic (exact) mass is 379 g/mol. The van der Waals surface area contributed by atoms with Crippen LogP contribution in [0, 0.1) is 0 Å². The number of para-hydroxylation sites is 2. The van der Waals surface area contributed by atoms with Crippen molar-refractivity contribution in [2.75, 3.05) is 11.9 Å². The van der Waals surface area contributed by atoms with Crippen LogP contribution >= 0.6 is 27.7 Å². The van der Waals surface area contributed by atoms with Crippen molar-refractivity contribution in [2.24, 2.45) is 0 Å². The number of carbonyl (C=O) groups excluding carboxylic acids is 1. The number of hydrogen-bond donors (Lipinski definition) is 1. The number of ether oxygens (including phenoxy) is 1. The normalized spacial score (nSPS) is 11.8. The van der Waals surface area contributed by atoms with E-state index in [1.807, 2.05) is 62.4 Å². The molecule has 1 amide bonds. The highest BCUT2D eigenvalue weighted by Gasteiger charge is 2.16. The van der Waals surface area contributed by atoms with E-state index in [1.54, 1.807) is 0 Å². The molecule has 0 aromatic heterocycles. The molecule has 2 aromatic rings. The molecule has 2 aromatic carbocycles. The first kappa shape index (κ1) is 16.9. The van der Waals surface area contributed by atoms with E-state index in [4.69, 9.17) is 4.74 Å². The van der Waals surface area contributed by atoms with Gasteiger partial charge in [-0.2, -0.15) is 0 Å². The zero-order valence-corrected chi connectivity index (χ0v) is 14.9. The summed E-state index contributed by atoms with van der Waals surface area (Å²) in [7, 11) is 0. The van der Waals surface area contributed by atoms with E-state index in [-0.39, 0.29) is 11.2 Å². The third-order valence-electron chi connectivity index (χ3n) is 2.92. The Morgan fingerprint density at radius 2 is 2.05 bits per heavy atom. The lowest BCUT2D eigenvalue weighted by Gasteiger charge is -2.15. The highest BCUT2D eigenvalue weighted by molar-refractivity contribution is 9.10. The molecule has 0 aliphatic carbocycles. The molecule has 0 bridgehead atoms. The molecule has 22 heavy (non-hydrogen) atoms. The number of anilines is 1. The summed E-state index contributed by atoms with van der Waals surface area (Å²) in [6.45, 7) is 4.38. The molecule has 116 valence electrons. The third-order valence-corrected chi connectivity index (χ3v) is 4.51. The Morgan fingerprint density at radius 1 is 1.27 bits per heavy atom. The molecule has 1 unspecified atom stereocenters. The van der Waals surface area contributed by atoms with Gasteiger partial charge in [0.15, 0.2) is 0 Å². The maximum absolute atomic E-state index is 12.4. The Bertz CT molecular complexity index is 648. The summed E-state index contributed by atoms with van der Waals surface area (Å²) in [5.74, 6) is 0.648. The van der Waals surface area contributed by atoms with E-state index >= 15 is 0 Å². The minimum atomic E-state index is -0.205. The molecule has 0 saturated carbocycles. The summed E-state index contributed by atoms with van der Waals surface area (Å²) >= 11 is 4.96. The molecule has 0 aliphatic rings. The minimum absolute atomic E-state index is 0.0443. The average Bonchev–Trinajstić information content (AvgIpc) is 2.49. The maximum Gasteiger partial charge on any atom is 0.237 e. The second-order valence-corrected chi connectivity index (χ2v) is 6.97. The summed E-state index contributed by atoms with van der Waals surface area (Å²) < 4.78 is 6.53. The van der Waals surface area contributed by atoms with Gasteiger partial charge in [-0.25, -0.2) is 0 Å². The first-order valence-electron chi connectivity index (χ1n) is 7.05. The van der Waals surface area contributed by atoms with Gasteiger partial charge in [0.1, 0.15) is 5.75 Å². The minimum Gasteiger partial charge on any atom is -0.492 e. The molecule has 2 rings (SSSR count). The molecule has 5 heteroatoms. The van der Waals surface area contributed by atoms with Crippen LogP contribution < -0.4 is 10.1 Å². The quantitative estimate of drug-likeness (QED) is 0.720. The van der Waals surface area contributed by atoms with Gasteiger partial charge < -0.3 is 10.1 Å². The summed E-state index contributed by atoms with van der Waals surface area (Å²) in [5.41, 5.74) is 0.705. The van der Waals surface area contributed by atoms with Gasteiger partial charge in [-0.05, 0) is 44.2 Å². The number of thioether (sulfide) groups is 1. The van der Waals surface area contributed by atoms with Crippen molar-refractivity contribution in [1.29, 1.82) is 0 Å². The summed E-state index contributed by atoms with van der Waals surface area (Å²) in [6, 6.07) is 15.4. The Morgan fingerprint density at radius 3 is 2.77 bits per heavy atom. The van der Waals surface area contributed by atoms with E-state index in [0.29, 0.717) is 18.0 Å². The van der Waals surface area contributed by atoms with Gasteiger partial charge >= 0.3 is 0 Å². The Labute approximate surface area is 143 Å². The maximum atomic E-state index is 12.4. The van der Waals surface area contributed by atoms with Crippen LogP contribution in [0.3, 0.4) is 0 Å². The number of carbonyl (C=O) groups is 1. The van der Waals surface area contributed by atoms with Gasteiger partial charge in [0.25, 0.3) is 0 Å². The first-order chi connectivity index (χ1) is 10.6. The first-order valence-corrected chi connectivity index (χ1v) is 8.72. The third kappa shape index (κ3) is 4.78. The second kappa shape index (κ2) is 8.25. The molecule has 0 aliphatic heterocycles. The van der Waals surface area contributed by atoms with Crippen molar-refractivity contribution in [3.8, 4) is 5.75 Å². The largest absolute Gasteiger partial charge is 0.492 e. The van der Waals surface area contributed by atoms with Crippen molar-refractivity contribution in [1.82, 2.24) is 0 Å². The van der Waals surface area contributed by atoms with Gasteiger partial charge in [0.2, 0.25) is 5.91 Å². The van der Waals surface area contributed by atoms with Crippen molar-refractivity contribution in [3.05, 3.63) is 53.0 Å². The number of nitrogens with one attached hydrogen (secondary N) is 1. The molecule has 0 spiro atoms. The summed E-state index contributed by atoms with van der Waals surface area (Å²) in [5, 5.41) is 2.73. The van der Waals surface area contributed by atoms with E-state index in [2.05, 4.69) is 21.2 Å². The number of benzene rings is 2. The van der Waals surface area contributed by atoms with Crippen LogP contribution in [0.15, 0.2) is 57.9 Å². The lowest BCUT2D eigenvalue weighted by Crippen LogP contribution is -2.22. The average molecular weight is 380 g/mol. The Hall–Kier alpha value is -1.46. The molecule has 0 heterocycles. The Balaban J connectivity index is 2.02. The standard InChI is InChI=1S/C17H18BrNO2S/c1-3-21-16-10-5-4-9-15(16)19-17(20)12(2)22-14-8-6-7-13(18)11-14/h4-12H,3H2,1-2H3,(H,19,20). The number of hydrogen-bond acceptors (Lipinski definition) is 3. The predicted octanol–water partition coefficient (Wildman–Crippen LogP) is 4.97. The zero-order chi connectivity index (χ0) is 15.9. The fraction of sp³-hybridized carbons (Fsp3) is 0.235. The number of amides is 1. The molecular formula is C17H18BrNO2S. The van der Waals surface area contributed by atoms with Gasteiger partial charge in [-0.1, -0.05) is 34.1 Å². The summed E-state index contributed by atoms with van der Waals surface area (Å²) in [6.07, 6.45) is 0. The van der Waals surface area contributed by atoms with Crippen LogP contribution in [0.2, 0.25) is 0 Å². The van der Waals surface area contributed by atoms with Crippen LogP contribution in [-0.2, 0) is 4.79 Å². The van der Waals surface area contributed by atoms with Crippen LogP contribution in [0.25, 0.3) is 0 Å². The van der Waals surface area contributed by atoms with Crippen molar-refractivity contribution >= 4 is 39.3 Å². The predicted molar refractivity (Wildman–Crippen MR) is 95.7 cm³/mol. The molecule has 1 N–H and O–H groups in total. The van der Waals surface area contributed by atoms with Gasteiger partial charge in [0, 0.05) is 9.37 Å². The molecule has 1 atom stereocenters. The van der Waals surface area contributed by atoms with Gasteiger partial charge in [-0.15, -0.1) is 11.8 Å². The van der Waals surface area contributed by atoms with E-state index < -0.39 is 0 Å². The van der Waals surface area contributed by atoms with Gasteiger partial charge in [-0.3, -0.25) is 4.79 Å². The van der Waals surface area contributed by atoms with Crippen molar-refractivity contribution < 1.29 is 9.53 Å². The Kier molecular flexibility index (Phi) is 6.34. The fourth-order valence-electron chi connectivity index (χ4n) is 1.88. The highest BCUT2D eigenvalue weighted by Crippen LogP contribution is 2.28. The van der Waals surface area contributed by atoms with Crippen LogP contribution in [0.5, 0.6) is 5.75 Å². The second-order valence-electron chi connectivity index (χ2n) is 4.64. The van der Waals surface area contributed by atoms with Crippen molar-refractivity contribution in [2.45, 2.75) is 24.0 Å². The SMILES string of the molecule is CCOc1ccccc1NC(=O)C(C)Sc1cccc(Br)c1. The van der Waals surface area contributed by atoms with E-state index in [1.165, 1.54) is 11.8 Å². The summed E-state index contributed by atoms with van der Waals surface area (Å²) in [4.78, 5) is 13.4. The molecule has 0 radical (unpaired) electrons. The molecule has 0 saturated heterocycles. The lowest BCUT2D eigenvalue weighted by atomic mass is 10.3. The topological polar surface area (TPSA) is 38.3 Å². The van der Waals surface area contributed by atoms with Crippen molar-refractivity contribution in [3.63, 3.8) is 0 Å². The zero-order valence-electron chi connectivity index (χ0n) is 12.5. The van der Waals surface area contributed by atoms with Crippen LogP contribution in [0.1, 0.15) is 13.8 Å². The highest BCUT2D eigenvalue weighted by atomic mass is 79.9. The molecule has 0 fully saturated rings. The van der Waals surface area contributed by atoms with E-state index in [0.717, 1.165) is 9.37 Å². The molecular weight excluding hydrogens is 362 g/mol. The fourth-order valence-corrected chi connectivity index (χ4v) is 3.36. The lowest BCUT2D eigenvalue weighted by molar-refractivity contribution is -0.115. The number of rotatable bonds is 6. The van der Waals surface area contributed by atoms with Crippen LogP contribution in [-0.4, -0.2) is 17.8 Å². The number of halogens is 1. The van der Waals surface area contributed by atoms with Crippen LogP contribution in [0.4, 0.5) is 5.69 Å². The smallest absolute Gasteiger partial charge is 0.237 e. The van der Waals surface area contributed by atoms with E-state index in [9.17, 15) is 4.79 Å². The van der Waals surface area contributed by atoms with Gasteiger partial charge in [0.05, 0.1) is 17.5 Å².